The molecule has 0 saturated carbocycles. The van der Waals surface area contributed by atoms with Crippen molar-refractivity contribution < 1.29 is 102 Å². The van der Waals surface area contributed by atoms with Gasteiger partial charge in [0.05, 0.1) is 11.9 Å². The van der Waals surface area contributed by atoms with Gasteiger partial charge in [0.25, 0.3) is 5.69 Å². The van der Waals surface area contributed by atoms with Crippen molar-refractivity contribution in [3.8, 4) is 0 Å². The van der Waals surface area contributed by atoms with E-state index in [-0.39, 0.29) is 23.9 Å². The summed E-state index contributed by atoms with van der Waals surface area (Å²) in [5.41, 5.74) is -13.3. The molecule has 26 heteroatoms. The maximum atomic E-state index is 15.4. The standard InChI is InChI=1S/C24BF20.C14H12N2O2S/c26-5-1(6(27)14(35)21(42)13(5)34)25(2-7(28)15(36)22(43)16(37)8(2)29,3-9(30)17(38)23(44)18(39)10(3)31)4-11(32)19(40)24(45)20(41)12(4)33;17-13(11-4-2-1-3-5-11)9-16-7-6-15-8-12(16)14(18)10-19/h;1-8H,9-10H2/q-1;/p+1. The molecule has 6 rings (SSSR count). The Morgan fingerprint density at radius 3 is 1.00 bits per heavy atom. The Labute approximate surface area is 347 Å². The number of thiol groups is 1. The third kappa shape index (κ3) is 7.69. The van der Waals surface area contributed by atoms with Crippen molar-refractivity contribution in [3.63, 3.8) is 0 Å². The Bertz CT molecular complexity index is 2520. The van der Waals surface area contributed by atoms with E-state index in [0.29, 0.717) is 11.3 Å². The molecule has 64 heavy (non-hydrogen) atoms. The average molecular weight is 952 g/mol. The third-order valence-corrected chi connectivity index (χ3v) is 9.67. The second-order valence-corrected chi connectivity index (χ2v) is 13.1. The van der Waals surface area contributed by atoms with E-state index in [1.54, 1.807) is 29.1 Å². The highest BCUT2D eigenvalue weighted by Crippen LogP contribution is 2.30. The monoisotopic (exact) mass is 952 g/mol. The average Bonchev–Trinajstić information content (AvgIpc) is 3.29. The number of hydrogen-bond acceptors (Lipinski definition) is 4. The molecule has 0 aliphatic heterocycles. The fraction of sp³-hybridized carbons (Fsp3) is 0.0526. The lowest BCUT2D eigenvalue weighted by Crippen LogP contribution is -2.81. The minimum atomic E-state index is -7.22. The predicted molar refractivity (Wildman–Crippen MR) is 183 cm³/mol. The van der Waals surface area contributed by atoms with E-state index < -0.39 is 144 Å². The zero-order chi connectivity index (χ0) is 48.0. The molecular formula is C38H13BF20N2O2S. The lowest BCUT2D eigenvalue weighted by Gasteiger charge is -2.44. The first kappa shape index (κ1) is 48.6. The molecule has 0 atom stereocenters. The molecule has 0 saturated heterocycles. The number of hydrogen-bond donors (Lipinski definition) is 1. The molecule has 5 aromatic carbocycles. The van der Waals surface area contributed by atoms with Crippen LogP contribution in [-0.4, -0.2) is 28.4 Å². The van der Waals surface area contributed by atoms with Gasteiger partial charge in [-0.2, -0.15) is 17.2 Å². The summed E-state index contributed by atoms with van der Waals surface area (Å²) in [6.45, 7) is 0.112. The number of Topliss-reactive ketones (excluding diaryl/α,β-unsaturated/α-hetero) is 2. The third-order valence-electron chi connectivity index (χ3n) is 9.39. The van der Waals surface area contributed by atoms with Crippen LogP contribution >= 0.6 is 12.6 Å². The Kier molecular flexibility index (Phi) is 13.9. The summed E-state index contributed by atoms with van der Waals surface area (Å²) in [7, 11) is 0. The SMILES string of the molecule is Fc1c(F)c(F)c([B-](c2c(F)c(F)c(F)c(F)c2F)(c2c(F)c(F)c(F)c(F)c2F)c2c(F)c(F)c(F)c(F)c2F)c(F)c1F.O=C(C[n+]1ccncc1C(=O)CS)c1ccccc1. The highest BCUT2D eigenvalue weighted by atomic mass is 32.1. The number of nitrogens with zero attached hydrogens (tertiary/aromatic N) is 2. The minimum Gasteiger partial charge on any atom is -0.287 e. The van der Waals surface area contributed by atoms with Gasteiger partial charge in [-0.15, -0.1) is 21.9 Å². The van der Waals surface area contributed by atoms with Crippen LogP contribution in [0.2, 0.25) is 0 Å². The van der Waals surface area contributed by atoms with Crippen LogP contribution in [0.25, 0.3) is 0 Å². The molecule has 0 spiro atoms. The Morgan fingerprint density at radius 2 is 0.719 bits per heavy atom. The zero-order valence-electron chi connectivity index (χ0n) is 30.3. The van der Waals surface area contributed by atoms with Crippen molar-refractivity contribution in [2.24, 2.45) is 0 Å². The van der Waals surface area contributed by atoms with Gasteiger partial charge in [-0.25, -0.2) is 87.8 Å². The van der Waals surface area contributed by atoms with Gasteiger partial charge in [-0.05, 0) is 0 Å². The number of aromatic nitrogens is 2. The number of rotatable bonds is 9. The van der Waals surface area contributed by atoms with Crippen LogP contribution in [-0.2, 0) is 6.54 Å². The summed E-state index contributed by atoms with van der Waals surface area (Å²) in [5, 5.41) is 0. The predicted octanol–water partition coefficient (Wildman–Crippen LogP) is 7.21. The van der Waals surface area contributed by atoms with E-state index in [1.807, 2.05) is 18.2 Å². The molecule has 0 radical (unpaired) electrons. The zero-order valence-corrected chi connectivity index (χ0v) is 31.2. The number of carbonyl (C=O) groups excluding carboxylic acids is 2. The van der Waals surface area contributed by atoms with Crippen molar-refractivity contribution in [1.29, 1.82) is 0 Å². The fourth-order valence-corrected chi connectivity index (χ4v) is 6.74. The smallest absolute Gasteiger partial charge is 0.268 e. The van der Waals surface area contributed by atoms with E-state index in [0.717, 1.165) is 0 Å². The second-order valence-electron chi connectivity index (χ2n) is 12.8. The van der Waals surface area contributed by atoms with Crippen LogP contribution in [0, 0.1) is 116 Å². The van der Waals surface area contributed by atoms with Gasteiger partial charge in [0.1, 0.15) is 58.9 Å². The molecule has 1 aromatic heterocycles. The van der Waals surface area contributed by atoms with Crippen molar-refractivity contribution in [1.82, 2.24) is 4.98 Å². The molecule has 0 amide bonds. The van der Waals surface area contributed by atoms with E-state index in [4.69, 9.17) is 0 Å². The Hall–Kier alpha value is -6.47. The lowest BCUT2D eigenvalue weighted by atomic mass is 9.12. The van der Waals surface area contributed by atoms with Crippen LogP contribution < -0.4 is 26.4 Å². The van der Waals surface area contributed by atoms with Crippen molar-refractivity contribution >= 4 is 52.2 Å². The van der Waals surface area contributed by atoms with Crippen molar-refractivity contribution in [2.75, 3.05) is 5.75 Å². The number of benzene rings is 5. The first-order valence-corrected chi connectivity index (χ1v) is 17.3. The van der Waals surface area contributed by atoms with E-state index >= 15 is 35.1 Å². The lowest BCUT2D eigenvalue weighted by molar-refractivity contribution is -0.685. The summed E-state index contributed by atoms with van der Waals surface area (Å²) < 4.78 is 296. The first-order valence-electron chi connectivity index (χ1n) is 16.7. The number of ketones is 2. The number of halogens is 20. The first-order chi connectivity index (χ1) is 29.9. The summed E-state index contributed by atoms with van der Waals surface area (Å²) in [6.07, 6.45) is -2.59. The molecule has 0 bridgehead atoms. The van der Waals surface area contributed by atoms with Gasteiger partial charge in [-0.3, -0.25) is 14.6 Å². The molecule has 0 unspecified atom stereocenters. The van der Waals surface area contributed by atoms with E-state index in [2.05, 4.69) is 17.6 Å². The molecule has 4 nitrogen and oxygen atoms in total. The summed E-state index contributed by atoms with van der Waals surface area (Å²) in [4.78, 5) is 27.7. The van der Waals surface area contributed by atoms with Gasteiger partial charge in [0.15, 0.2) is 76.0 Å². The van der Waals surface area contributed by atoms with Crippen LogP contribution in [0.3, 0.4) is 0 Å². The van der Waals surface area contributed by atoms with Gasteiger partial charge < -0.3 is 0 Å². The normalized spacial score (nSPS) is 11.5. The second kappa shape index (κ2) is 18.3. The van der Waals surface area contributed by atoms with Crippen LogP contribution in [0.4, 0.5) is 87.8 Å². The molecule has 0 aliphatic rings. The molecule has 336 valence electrons. The molecule has 0 N–H and O–H groups in total. The van der Waals surface area contributed by atoms with E-state index in [9.17, 15) is 62.3 Å². The Balaban J connectivity index is 0.000000337. The minimum absolute atomic E-state index is 0.0509. The quantitative estimate of drug-likeness (QED) is 0.0318. The maximum Gasteiger partial charge on any atom is 0.268 e. The van der Waals surface area contributed by atoms with E-state index in [1.165, 1.54) is 6.20 Å². The number of carbonyl (C=O) groups is 2. The largest absolute Gasteiger partial charge is 0.287 e. The van der Waals surface area contributed by atoms with Gasteiger partial charge in [0.2, 0.25) is 18.1 Å². The van der Waals surface area contributed by atoms with Crippen molar-refractivity contribution in [2.45, 2.75) is 6.54 Å². The Morgan fingerprint density at radius 1 is 0.438 bits per heavy atom. The fourth-order valence-electron chi connectivity index (χ4n) is 6.58. The topological polar surface area (TPSA) is 50.9 Å². The van der Waals surface area contributed by atoms with Gasteiger partial charge in [0, 0.05) is 5.56 Å². The van der Waals surface area contributed by atoms with Crippen LogP contribution in [0.5, 0.6) is 0 Å². The van der Waals surface area contributed by atoms with Crippen molar-refractivity contribution in [3.05, 3.63) is 177 Å². The summed E-state index contributed by atoms with van der Waals surface area (Å²) in [6, 6.07) is 8.98. The highest BCUT2D eigenvalue weighted by Gasteiger charge is 2.52. The van der Waals surface area contributed by atoms with Gasteiger partial charge >= 0.3 is 0 Å². The maximum absolute atomic E-state index is 15.4. The molecule has 6 aromatic rings. The highest BCUT2D eigenvalue weighted by molar-refractivity contribution is 7.81. The summed E-state index contributed by atoms with van der Waals surface area (Å²) in [5.74, 6) is -71.5. The van der Waals surface area contributed by atoms with Crippen LogP contribution in [0.15, 0.2) is 48.9 Å². The van der Waals surface area contributed by atoms with Gasteiger partial charge in [-0.1, -0.05) is 30.3 Å². The molecule has 0 aliphatic carbocycles. The molecule has 0 fully saturated rings. The summed E-state index contributed by atoms with van der Waals surface area (Å²) >= 11 is 3.96. The molecule has 1 heterocycles. The van der Waals surface area contributed by atoms with Crippen LogP contribution in [0.1, 0.15) is 20.8 Å². The molecular weight excluding hydrogens is 939 g/mol.